The van der Waals surface area contributed by atoms with E-state index in [1.807, 2.05) is 6.92 Å². The number of halogens is 2. The Hall–Kier alpha value is -1.71. The maximum atomic E-state index is 14.2. The highest BCUT2D eigenvalue weighted by molar-refractivity contribution is 5.87. The Bertz CT molecular complexity index is 467. The molecule has 0 spiro atoms. The van der Waals surface area contributed by atoms with E-state index in [1.54, 1.807) is 25.1 Å². The van der Waals surface area contributed by atoms with Crippen LogP contribution in [0.3, 0.4) is 0 Å². The number of alkyl halides is 2. The predicted molar refractivity (Wildman–Crippen MR) is 70.1 cm³/mol. The van der Waals surface area contributed by atoms with Gasteiger partial charge in [0.15, 0.2) is 0 Å². The van der Waals surface area contributed by atoms with E-state index in [0.29, 0.717) is 12.0 Å². The highest BCUT2D eigenvalue weighted by Gasteiger charge is 2.35. The molecule has 0 heterocycles. The lowest BCUT2D eigenvalue weighted by molar-refractivity contribution is -0.139. The number of ether oxygens (including phenoxy) is 1. The fraction of sp³-hybridized carbons (Fsp3) is 0.400. The van der Waals surface area contributed by atoms with Crippen LogP contribution in [0.5, 0.6) is 0 Å². The number of aryl methyl sites for hydroxylation is 1. The zero-order chi connectivity index (χ0) is 14.5. The molecule has 19 heavy (non-hydrogen) atoms. The first-order valence-electron chi connectivity index (χ1n) is 6.23. The summed E-state index contributed by atoms with van der Waals surface area (Å²) < 4.78 is 33.0. The number of carbonyl (C=O) groups excluding carboxylic acids is 1. The smallest absolute Gasteiger partial charge is 0.333 e. The molecule has 1 aromatic rings. The van der Waals surface area contributed by atoms with E-state index >= 15 is 0 Å². The van der Waals surface area contributed by atoms with Gasteiger partial charge < -0.3 is 4.74 Å². The number of esters is 1. The molecule has 0 fully saturated rings. The highest BCUT2D eigenvalue weighted by atomic mass is 19.3. The Morgan fingerprint density at radius 3 is 2.53 bits per heavy atom. The summed E-state index contributed by atoms with van der Waals surface area (Å²) in [5.41, 5.74) is 0.310. The molecule has 0 saturated heterocycles. The Morgan fingerprint density at radius 1 is 1.32 bits per heavy atom. The molecule has 0 saturated carbocycles. The largest absolute Gasteiger partial charge is 0.463 e. The van der Waals surface area contributed by atoms with E-state index in [1.165, 1.54) is 6.07 Å². The lowest BCUT2D eigenvalue weighted by Gasteiger charge is -2.20. The molecule has 0 unspecified atom stereocenters. The molecule has 2 nitrogen and oxygen atoms in total. The fourth-order valence-electron chi connectivity index (χ4n) is 1.85. The molecule has 0 aromatic heterocycles. The van der Waals surface area contributed by atoms with E-state index < -0.39 is 18.3 Å². The van der Waals surface area contributed by atoms with Crippen molar-refractivity contribution in [2.24, 2.45) is 0 Å². The van der Waals surface area contributed by atoms with Gasteiger partial charge in [-0.25, -0.2) is 13.6 Å². The number of hydrogen-bond acceptors (Lipinski definition) is 2. The van der Waals surface area contributed by atoms with Crippen LogP contribution in [0, 0.1) is 0 Å². The van der Waals surface area contributed by atoms with Crippen LogP contribution < -0.4 is 0 Å². The molecule has 0 aliphatic carbocycles. The minimum absolute atomic E-state index is 0.0528. The van der Waals surface area contributed by atoms with E-state index in [0.717, 1.165) is 0 Å². The molecule has 0 atom stereocenters. The molecule has 1 rings (SSSR count). The van der Waals surface area contributed by atoms with Crippen LogP contribution in [-0.2, 0) is 21.9 Å². The molecule has 0 radical (unpaired) electrons. The molecule has 0 bridgehead atoms. The molecular formula is C15H18F2O2. The molecule has 1 aromatic carbocycles. The average molecular weight is 268 g/mol. The van der Waals surface area contributed by atoms with Gasteiger partial charge in [-0.15, -0.1) is 0 Å². The van der Waals surface area contributed by atoms with E-state index in [2.05, 4.69) is 11.3 Å². The predicted octanol–water partition coefficient (Wildman–Crippen LogP) is 3.85. The highest BCUT2D eigenvalue weighted by Crippen LogP contribution is 2.36. The van der Waals surface area contributed by atoms with Crippen molar-refractivity contribution >= 4 is 5.97 Å². The molecular weight excluding hydrogens is 250 g/mol. The fourth-order valence-corrected chi connectivity index (χ4v) is 1.85. The third kappa shape index (κ3) is 3.88. The van der Waals surface area contributed by atoms with Crippen LogP contribution in [0.4, 0.5) is 8.78 Å². The lowest BCUT2D eigenvalue weighted by Crippen LogP contribution is -2.20. The topological polar surface area (TPSA) is 26.3 Å². The summed E-state index contributed by atoms with van der Waals surface area (Å²) in [4.78, 5) is 11.4. The maximum Gasteiger partial charge on any atom is 0.333 e. The van der Waals surface area contributed by atoms with Crippen molar-refractivity contribution in [3.63, 3.8) is 0 Å². The molecule has 104 valence electrons. The second-order valence-electron chi connectivity index (χ2n) is 4.22. The SMILES string of the molecule is C=C(CC(F)(F)c1ccccc1CC)C(=O)OCC. The van der Waals surface area contributed by atoms with Gasteiger partial charge in [-0.2, -0.15) is 0 Å². The zero-order valence-corrected chi connectivity index (χ0v) is 11.2. The summed E-state index contributed by atoms with van der Waals surface area (Å²) in [6.45, 7) is 6.97. The van der Waals surface area contributed by atoms with Gasteiger partial charge in [0.1, 0.15) is 0 Å². The van der Waals surface area contributed by atoms with Crippen LogP contribution >= 0.6 is 0 Å². The summed E-state index contributed by atoms with van der Waals surface area (Å²) in [5.74, 6) is -3.88. The van der Waals surface area contributed by atoms with Gasteiger partial charge in [-0.05, 0) is 18.9 Å². The third-order valence-corrected chi connectivity index (χ3v) is 2.79. The van der Waals surface area contributed by atoms with Gasteiger partial charge in [0.25, 0.3) is 5.92 Å². The van der Waals surface area contributed by atoms with Crippen LogP contribution in [0.1, 0.15) is 31.4 Å². The molecule has 0 aliphatic rings. The van der Waals surface area contributed by atoms with Crippen molar-refractivity contribution in [1.82, 2.24) is 0 Å². The summed E-state index contributed by atoms with van der Waals surface area (Å²) in [6.07, 6.45) is -0.208. The minimum Gasteiger partial charge on any atom is -0.463 e. The Balaban J connectivity index is 2.91. The summed E-state index contributed by atoms with van der Waals surface area (Å²) in [6, 6.07) is 6.34. The quantitative estimate of drug-likeness (QED) is 0.578. The monoisotopic (exact) mass is 268 g/mol. The van der Waals surface area contributed by atoms with Crippen molar-refractivity contribution in [3.05, 3.63) is 47.5 Å². The van der Waals surface area contributed by atoms with Gasteiger partial charge in [0.05, 0.1) is 6.61 Å². The normalized spacial score (nSPS) is 11.2. The molecule has 4 heteroatoms. The van der Waals surface area contributed by atoms with Gasteiger partial charge in [0, 0.05) is 17.6 Å². The van der Waals surface area contributed by atoms with E-state index in [4.69, 9.17) is 0 Å². The standard InChI is InChI=1S/C15H18F2O2/c1-4-12-8-6-7-9-13(12)15(16,17)10-11(3)14(18)19-5-2/h6-9H,3-5,10H2,1-2H3. The van der Waals surface area contributed by atoms with E-state index in [-0.39, 0.29) is 17.7 Å². The van der Waals surface area contributed by atoms with Crippen molar-refractivity contribution < 1.29 is 18.3 Å². The van der Waals surface area contributed by atoms with Crippen molar-refractivity contribution in [2.45, 2.75) is 32.6 Å². The lowest BCUT2D eigenvalue weighted by atomic mass is 9.95. The van der Waals surface area contributed by atoms with Crippen molar-refractivity contribution in [1.29, 1.82) is 0 Å². The Kier molecular flexibility index (Phi) is 5.21. The van der Waals surface area contributed by atoms with Gasteiger partial charge in [-0.1, -0.05) is 37.8 Å². The summed E-state index contributed by atoms with van der Waals surface area (Å²) in [5, 5.41) is 0. The third-order valence-electron chi connectivity index (χ3n) is 2.79. The first-order valence-corrected chi connectivity index (χ1v) is 6.23. The van der Waals surface area contributed by atoms with Gasteiger partial charge in [-0.3, -0.25) is 0 Å². The number of benzene rings is 1. The Morgan fingerprint density at radius 2 is 1.95 bits per heavy atom. The van der Waals surface area contributed by atoms with Crippen LogP contribution in [-0.4, -0.2) is 12.6 Å². The van der Waals surface area contributed by atoms with Crippen LogP contribution in [0.25, 0.3) is 0 Å². The maximum absolute atomic E-state index is 14.2. The van der Waals surface area contributed by atoms with Gasteiger partial charge in [0.2, 0.25) is 0 Å². The van der Waals surface area contributed by atoms with Gasteiger partial charge >= 0.3 is 5.97 Å². The first kappa shape index (κ1) is 15.3. The van der Waals surface area contributed by atoms with Crippen LogP contribution in [0.15, 0.2) is 36.4 Å². The van der Waals surface area contributed by atoms with Crippen molar-refractivity contribution in [2.75, 3.05) is 6.61 Å². The Labute approximate surface area is 112 Å². The van der Waals surface area contributed by atoms with E-state index in [9.17, 15) is 13.6 Å². The number of hydrogen-bond donors (Lipinski definition) is 0. The number of carbonyl (C=O) groups is 1. The average Bonchev–Trinajstić information content (AvgIpc) is 2.38. The molecule has 0 amide bonds. The second-order valence-corrected chi connectivity index (χ2v) is 4.22. The molecule has 0 N–H and O–H groups in total. The number of rotatable bonds is 6. The van der Waals surface area contributed by atoms with Crippen LogP contribution in [0.2, 0.25) is 0 Å². The molecule has 0 aliphatic heterocycles. The first-order chi connectivity index (χ1) is 8.92. The minimum atomic E-state index is -3.11. The summed E-state index contributed by atoms with van der Waals surface area (Å²) >= 11 is 0. The second kappa shape index (κ2) is 6.45. The van der Waals surface area contributed by atoms with Crippen molar-refractivity contribution in [3.8, 4) is 0 Å². The zero-order valence-electron chi connectivity index (χ0n) is 11.2. The summed E-state index contributed by atoms with van der Waals surface area (Å²) in [7, 11) is 0.